The summed E-state index contributed by atoms with van der Waals surface area (Å²) in [4.78, 5) is 26.4. The van der Waals surface area contributed by atoms with Crippen LogP contribution in [0.4, 0.5) is 5.69 Å². The van der Waals surface area contributed by atoms with E-state index >= 15 is 0 Å². The standard InChI is InChI=1S/C22H26ClN3O4S/c1-3-26(4-2)31(29,30)20-14-17(10-11-19(20)23)22(28)24-18-8-5-7-16(13-18)15-25-12-6-9-21(25)27/h5,7-8,10-11,13-14H,3-4,6,9,12,15H2,1-2H3,(H,24,28). The zero-order valence-corrected chi connectivity index (χ0v) is 19.2. The molecule has 0 unspecified atom stereocenters. The first kappa shape index (κ1) is 23.2. The summed E-state index contributed by atoms with van der Waals surface area (Å²) in [5.74, 6) is -0.306. The summed E-state index contributed by atoms with van der Waals surface area (Å²) in [7, 11) is -3.80. The molecule has 7 nitrogen and oxygen atoms in total. The normalized spacial score (nSPS) is 14.3. The number of hydrogen-bond acceptors (Lipinski definition) is 4. The number of amides is 2. The van der Waals surface area contributed by atoms with E-state index in [1.807, 2.05) is 18.2 Å². The maximum absolute atomic E-state index is 12.9. The molecule has 3 rings (SSSR count). The highest BCUT2D eigenvalue weighted by molar-refractivity contribution is 7.89. The number of hydrogen-bond donors (Lipinski definition) is 1. The smallest absolute Gasteiger partial charge is 0.255 e. The molecule has 2 amide bonds. The van der Waals surface area contributed by atoms with E-state index in [1.165, 1.54) is 22.5 Å². The van der Waals surface area contributed by atoms with Crippen molar-refractivity contribution in [2.24, 2.45) is 0 Å². The molecule has 0 spiro atoms. The number of carbonyl (C=O) groups is 2. The van der Waals surface area contributed by atoms with E-state index in [9.17, 15) is 18.0 Å². The van der Waals surface area contributed by atoms with Gasteiger partial charge in [0.05, 0.1) is 5.02 Å². The van der Waals surface area contributed by atoms with Crippen LogP contribution in [-0.2, 0) is 21.4 Å². The second kappa shape index (κ2) is 9.80. The first-order valence-electron chi connectivity index (χ1n) is 10.2. The number of sulfonamides is 1. The molecule has 0 atom stereocenters. The van der Waals surface area contributed by atoms with E-state index in [2.05, 4.69) is 5.32 Å². The molecule has 1 fully saturated rings. The van der Waals surface area contributed by atoms with Crippen LogP contribution in [0.2, 0.25) is 5.02 Å². The number of likely N-dealkylation sites (tertiary alicyclic amines) is 1. The fourth-order valence-electron chi connectivity index (χ4n) is 3.59. The van der Waals surface area contributed by atoms with Gasteiger partial charge in [-0.2, -0.15) is 4.31 Å². The molecule has 0 aliphatic carbocycles. The van der Waals surface area contributed by atoms with Crippen LogP contribution in [0, 0.1) is 0 Å². The molecule has 1 aliphatic heterocycles. The summed E-state index contributed by atoms with van der Waals surface area (Å²) in [6.45, 7) is 5.33. The van der Waals surface area contributed by atoms with Gasteiger partial charge in [0.15, 0.2) is 0 Å². The van der Waals surface area contributed by atoms with Gasteiger partial charge in [0, 0.05) is 43.9 Å². The van der Waals surface area contributed by atoms with Crippen molar-refractivity contribution in [2.75, 3.05) is 25.0 Å². The Kier molecular flexibility index (Phi) is 7.35. The number of halogens is 1. The van der Waals surface area contributed by atoms with Crippen molar-refractivity contribution < 1.29 is 18.0 Å². The van der Waals surface area contributed by atoms with Crippen molar-refractivity contribution in [1.82, 2.24) is 9.21 Å². The fraction of sp³-hybridized carbons (Fsp3) is 0.364. The third-order valence-corrected chi connectivity index (χ3v) is 7.78. The molecule has 1 aliphatic rings. The van der Waals surface area contributed by atoms with Crippen molar-refractivity contribution in [1.29, 1.82) is 0 Å². The minimum absolute atomic E-state index is 0.0701. The van der Waals surface area contributed by atoms with E-state index in [0.29, 0.717) is 31.7 Å². The molecule has 166 valence electrons. The highest BCUT2D eigenvalue weighted by atomic mass is 35.5. The molecule has 0 saturated carbocycles. The summed E-state index contributed by atoms with van der Waals surface area (Å²) >= 11 is 6.15. The minimum atomic E-state index is -3.80. The fourth-order valence-corrected chi connectivity index (χ4v) is 5.55. The molecule has 2 aromatic carbocycles. The lowest BCUT2D eigenvalue weighted by Gasteiger charge is -2.19. The van der Waals surface area contributed by atoms with Gasteiger partial charge in [-0.05, 0) is 42.3 Å². The van der Waals surface area contributed by atoms with Crippen LogP contribution in [0.25, 0.3) is 0 Å². The summed E-state index contributed by atoms with van der Waals surface area (Å²) < 4.78 is 27.0. The molecule has 0 radical (unpaired) electrons. The summed E-state index contributed by atoms with van der Waals surface area (Å²) in [6.07, 6.45) is 1.44. The Morgan fingerprint density at radius 2 is 1.90 bits per heavy atom. The van der Waals surface area contributed by atoms with Crippen LogP contribution in [0.1, 0.15) is 42.6 Å². The number of nitrogens with one attached hydrogen (secondary N) is 1. The molecule has 9 heteroatoms. The number of rotatable bonds is 8. The van der Waals surface area contributed by atoms with E-state index in [-0.39, 0.29) is 21.4 Å². The van der Waals surface area contributed by atoms with Gasteiger partial charge in [-0.25, -0.2) is 8.42 Å². The van der Waals surface area contributed by atoms with Crippen LogP contribution >= 0.6 is 11.6 Å². The quantitative estimate of drug-likeness (QED) is 0.646. The molecule has 0 aromatic heterocycles. The van der Waals surface area contributed by atoms with Gasteiger partial charge in [0.1, 0.15) is 4.90 Å². The monoisotopic (exact) mass is 463 g/mol. The van der Waals surface area contributed by atoms with Crippen molar-refractivity contribution in [3.8, 4) is 0 Å². The van der Waals surface area contributed by atoms with Gasteiger partial charge in [-0.15, -0.1) is 0 Å². The number of carbonyl (C=O) groups excluding carboxylic acids is 2. The maximum atomic E-state index is 12.9. The largest absolute Gasteiger partial charge is 0.338 e. The second-order valence-electron chi connectivity index (χ2n) is 7.31. The van der Waals surface area contributed by atoms with Crippen molar-refractivity contribution in [3.05, 3.63) is 58.6 Å². The molecular formula is C22H26ClN3O4S. The first-order valence-corrected chi connectivity index (χ1v) is 12.1. The van der Waals surface area contributed by atoms with Gasteiger partial charge in [0.25, 0.3) is 5.91 Å². The van der Waals surface area contributed by atoms with Gasteiger partial charge in [-0.1, -0.05) is 37.6 Å². The SMILES string of the molecule is CCN(CC)S(=O)(=O)c1cc(C(=O)Nc2cccc(CN3CCCC3=O)c2)ccc1Cl. The Morgan fingerprint density at radius 1 is 1.16 bits per heavy atom. The average molecular weight is 464 g/mol. The van der Waals surface area contributed by atoms with Gasteiger partial charge in [0.2, 0.25) is 15.9 Å². The Hall–Kier alpha value is -2.42. The molecule has 0 bridgehead atoms. The third-order valence-electron chi connectivity index (χ3n) is 5.25. The van der Waals surface area contributed by atoms with Crippen LogP contribution in [0.15, 0.2) is 47.4 Å². The van der Waals surface area contributed by atoms with E-state index in [4.69, 9.17) is 11.6 Å². The second-order valence-corrected chi connectivity index (χ2v) is 9.62. The first-order chi connectivity index (χ1) is 14.8. The summed E-state index contributed by atoms with van der Waals surface area (Å²) in [6, 6.07) is 11.5. The lowest BCUT2D eigenvalue weighted by molar-refractivity contribution is -0.128. The highest BCUT2D eigenvalue weighted by Gasteiger charge is 2.26. The number of benzene rings is 2. The predicted molar refractivity (Wildman–Crippen MR) is 121 cm³/mol. The Morgan fingerprint density at radius 3 is 2.55 bits per heavy atom. The van der Waals surface area contributed by atoms with Gasteiger partial charge < -0.3 is 10.2 Å². The van der Waals surface area contributed by atoms with Gasteiger partial charge in [-0.3, -0.25) is 9.59 Å². The number of anilines is 1. The van der Waals surface area contributed by atoms with Crippen LogP contribution in [-0.4, -0.2) is 49.1 Å². The topological polar surface area (TPSA) is 86.8 Å². The lowest BCUT2D eigenvalue weighted by atomic mass is 10.1. The van der Waals surface area contributed by atoms with Gasteiger partial charge >= 0.3 is 0 Å². The van der Waals surface area contributed by atoms with Crippen LogP contribution < -0.4 is 5.32 Å². The Balaban J connectivity index is 1.80. The lowest BCUT2D eigenvalue weighted by Crippen LogP contribution is -2.31. The minimum Gasteiger partial charge on any atom is -0.338 e. The van der Waals surface area contributed by atoms with E-state index < -0.39 is 15.9 Å². The van der Waals surface area contributed by atoms with Crippen molar-refractivity contribution in [3.63, 3.8) is 0 Å². The summed E-state index contributed by atoms with van der Waals surface area (Å²) in [5, 5.41) is 2.87. The number of nitrogens with zero attached hydrogens (tertiary/aromatic N) is 2. The molecule has 1 N–H and O–H groups in total. The molecule has 31 heavy (non-hydrogen) atoms. The van der Waals surface area contributed by atoms with E-state index in [0.717, 1.165) is 18.5 Å². The zero-order valence-electron chi connectivity index (χ0n) is 17.6. The maximum Gasteiger partial charge on any atom is 0.255 e. The van der Waals surface area contributed by atoms with Crippen LogP contribution in [0.5, 0.6) is 0 Å². The molecular weight excluding hydrogens is 438 g/mol. The summed E-state index contributed by atoms with van der Waals surface area (Å²) in [5.41, 5.74) is 1.67. The van der Waals surface area contributed by atoms with Crippen molar-refractivity contribution in [2.45, 2.75) is 38.1 Å². The highest BCUT2D eigenvalue weighted by Crippen LogP contribution is 2.26. The third kappa shape index (κ3) is 5.26. The zero-order chi connectivity index (χ0) is 22.6. The Labute approximate surface area is 188 Å². The molecule has 1 heterocycles. The molecule has 2 aromatic rings. The van der Waals surface area contributed by atoms with Crippen LogP contribution in [0.3, 0.4) is 0 Å². The van der Waals surface area contributed by atoms with E-state index in [1.54, 1.807) is 24.8 Å². The average Bonchev–Trinajstić information content (AvgIpc) is 3.13. The predicted octanol–water partition coefficient (Wildman–Crippen LogP) is 3.75. The Bertz CT molecular complexity index is 1080. The van der Waals surface area contributed by atoms with Crippen molar-refractivity contribution >= 4 is 39.1 Å². The molecule has 1 saturated heterocycles.